The van der Waals surface area contributed by atoms with E-state index < -0.39 is 42.0 Å². The lowest BCUT2D eigenvalue weighted by molar-refractivity contribution is -0.143. The van der Waals surface area contributed by atoms with Crippen LogP contribution in [0, 0.1) is 0 Å². The van der Waals surface area contributed by atoms with Gasteiger partial charge in [0.1, 0.15) is 11.9 Å². The van der Waals surface area contributed by atoms with Crippen LogP contribution in [0.4, 0.5) is 26.3 Å². The van der Waals surface area contributed by atoms with E-state index in [2.05, 4.69) is 15.8 Å². The highest BCUT2D eigenvalue weighted by Crippen LogP contribution is 2.36. The minimum absolute atomic E-state index is 0. The summed E-state index contributed by atoms with van der Waals surface area (Å²) in [7, 11) is 0. The molecule has 0 aliphatic carbocycles. The number of carbonyl (C=O) groups is 1. The van der Waals surface area contributed by atoms with Crippen LogP contribution in [0.25, 0.3) is 0 Å². The molecule has 0 saturated carbocycles. The average molecular weight is 606 g/mol. The summed E-state index contributed by atoms with van der Waals surface area (Å²) >= 11 is 12.0. The number of aliphatic imine (C=N–C) groups is 1. The van der Waals surface area contributed by atoms with Gasteiger partial charge in [0.15, 0.2) is 0 Å². The predicted molar refractivity (Wildman–Crippen MR) is 137 cm³/mol. The molecule has 210 valence electrons. The smallest absolute Gasteiger partial charge is 0.336 e. The number of hydrogen-bond acceptors (Lipinski definition) is 4. The van der Waals surface area contributed by atoms with E-state index in [0.717, 1.165) is 6.42 Å². The van der Waals surface area contributed by atoms with Crippen molar-refractivity contribution in [3.05, 3.63) is 68.7 Å². The fourth-order valence-corrected chi connectivity index (χ4v) is 4.09. The van der Waals surface area contributed by atoms with Crippen LogP contribution >= 0.6 is 35.6 Å². The summed E-state index contributed by atoms with van der Waals surface area (Å²) in [6, 6.07) is 5.13. The van der Waals surface area contributed by atoms with Crippen LogP contribution in [0.5, 0.6) is 0 Å². The molecular formula is C24H25Cl3F6N4O. The third-order valence-corrected chi connectivity index (χ3v) is 6.31. The number of rotatable bonds is 7. The molecule has 1 aliphatic heterocycles. The number of nitrogens with one attached hydrogen (secondary N) is 2. The molecule has 2 N–H and O–H groups in total. The van der Waals surface area contributed by atoms with Gasteiger partial charge in [-0.05, 0) is 47.9 Å². The molecule has 0 radical (unpaired) electrons. The topological polar surface area (TPSA) is 56.7 Å². The third-order valence-electron chi connectivity index (χ3n) is 5.57. The zero-order chi connectivity index (χ0) is 27.4. The largest absolute Gasteiger partial charge is 0.416 e. The van der Waals surface area contributed by atoms with E-state index >= 15 is 0 Å². The molecule has 1 unspecified atom stereocenters. The number of amidine groups is 1. The normalized spacial score (nSPS) is 16.6. The maximum atomic E-state index is 13.4. The average Bonchev–Trinajstić information content (AvgIpc) is 2.94. The Labute approximate surface area is 232 Å². The molecule has 1 amide bonds. The van der Waals surface area contributed by atoms with Crippen LogP contribution in [-0.2, 0) is 30.1 Å². The number of nitrogens with zero attached hydrogens (tertiary/aromatic N) is 2. The van der Waals surface area contributed by atoms with Gasteiger partial charge in [0.2, 0.25) is 5.91 Å². The molecular weight excluding hydrogens is 581 g/mol. The molecule has 0 saturated heterocycles. The number of carbonyl (C=O) groups excluding carboxylic acids is 1. The van der Waals surface area contributed by atoms with E-state index in [9.17, 15) is 31.1 Å². The van der Waals surface area contributed by atoms with Crippen molar-refractivity contribution in [3.8, 4) is 0 Å². The molecule has 5 nitrogen and oxygen atoms in total. The van der Waals surface area contributed by atoms with Crippen molar-refractivity contribution in [1.82, 2.24) is 15.8 Å². The number of alkyl halides is 6. The van der Waals surface area contributed by atoms with Gasteiger partial charge in [-0.25, -0.2) is 5.43 Å². The Morgan fingerprint density at radius 3 is 2.16 bits per heavy atom. The number of benzene rings is 2. The maximum Gasteiger partial charge on any atom is 0.416 e. The summed E-state index contributed by atoms with van der Waals surface area (Å²) in [5.41, 5.74) is 3.38. The SMILES string of the molecule is CCCNNC1=NC(Cc2ccc(Cl)c(Cl)c2)C(=O)N(Cc2cc(C(F)(F)F)cc(C(F)(F)F)c2)CC1.Cl. The lowest BCUT2D eigenvalue weighted by atomic mass is 10.0. The van der Waals surface area contributed by atoms with Gasteiger partial charge in [-0.15, -0.1) is 12.4 Å². The van der Waals surface area contributed by atoms with E-state index in [0.29, 0.717) is 35.1 Å². The van der Waals surface area contributed by atoms with Crippen molar-refractivity contribution in [2.24, 2.45) is 4.99 Å². The first-order valence-corrected chi connectivity index (χ1v) is 12.1. The number of amides is 1. The van der Waals surface area contributed by atoms with Crippen LogP contribution in [0.3, 0.4) is 0 Å². The first kappa shape index (κ1) is 32.0. The van der Waals surface area contributed by atoms with E-state index in [1.165, 1.54) is 4.90 Å². The molecule has 1 heterocycles. The van der Waals surface area contributed by atoms with Gasteiger partial charge in [0, 0.05) is 32.5 Å². The lowest BCUT2D eigenvalue weighted by Gasteiger charge is -2.24. The summed E-state index contributed by atoms with van der Waals surface area (Å²) in [4.78, 5) is 19.1. The first-order valence-electron chi connectivity index (χ1n) is 11.3. The number of hydrogen-bond donors (Lipinski definition) is 2. The van der Waals surface area contributed by atoms with Crippen molar-refractivity contribution < 1.29 is 31.1 Å². The van der Waals surface area contributed by atoms with Gasteiger partial charge < -0.3 is 10.3 Å². The fraction of sp³-hybridized carbons (Fsp3) is 0.417. The number of halogens is 9. The van der Waals surface area contributed by atoms with Crippen molar-refractivity contribution in [2.75, 3.05) is 13.1 Å². The van der Waals surface area contributed by atoms with Gasteiger partial charge in [-0.1, -0.05) is 36.2 Å². The highest BCUT2D eigenvalue weighted by molar-refractivity contribution is 6.42. The maximum absolute atomic E-state index is 13.4. The van der Waals surface area contributed by atoms with E-state index in [1.54, 1.807) is 18.2 Å². The van der Waals surface area contributed by atoms with Crippen LogP contribution in [0.2, 0.25) is 10.0 Å². The standard InChI is InChI=1S/C24H24Cl2F6N4O.ClH/c1-2-6-33-35-21-5-7-36(22(37)20(34-21)11-14-3-4-18(25)19(26)10-14)13-15-8-16(23(27,28)29)12-17(9-15)24(30,31)32;/h3-4,8-10,12,20,33H,2,5-7,11,13H2,1H3,(H,34,35);1H. The minimum atomic E-state index is -4.99. The van der Waals surface area contributed by atoms with E-state index in [1.807, 2.05) is 6.92 Å². The molecule has 0 bridgehead atoms. The lowest BCUT2D eigenvalue weighted by Crippen LogP contribution is -2.39. The summed E-state index contributed by atoms with van der Waals surface area (Å²) in [6.07, 6.45) is -8.84. The van der Waals surface area contributed by atoms with Crippen molar-refractivity contribution >= 4 is 47.4 Å². The molecule has 0 spiro atoms. The molecule has 0 fully saturated rings. The minimum Gasteiger partial charge on any atom is -0.336 e. The molecule has 38 heavy (non-hydrogen) atoms. The molecule has 1 aliphatic rings. The Balaban J connectivity index is 0.00000507. The van der Waals surface area contributed by atoms with Crippen LogP contribution in [-0.4, -0.2) is 35.8 Å². The predicted octanol–water partition coefficient (Wildman–Crippen LogP) is 6.70. The third kappa shape index (κ3) is 8.65. The van der Waals surface area contributed by atoms with Crippen molar-refractivity contribution in [3.63, 3.8) is 0 Å². The van der Waals surface area contributed by atoms with Gasteiger partial charge in [0.25, 0.3) is 0 Å². The molecule has 3 rings (SSSR count). The fourth-order valence-electron chi connectivity index (χ4n) is 3.76. The summed E-state index contributed by atoms with van der Waals surface area (Å²) in [5.74, 6) is -0.0984. The molecule has 2 aromatic rings. The Kier molecular flexibility index (Phi) is 11.1. The zero-order valence-electron chi connectivity index (χ0n) is 20.0. The van der Waals surface area contributed by atoms with Crippen LogP contribution in [0.15, 0.2) is 41.4 Å². The monoisotopic (exact) mass is 604 g/mol. The molecule has 1 atom stereocenters. The second kappa shape index (κ2) is 13.2. The van der Waals surface area contributed by atoms with Crippen LogP contribution < -0.4 is 10.9 Å². The summed E-state index contributed by atoms with van der Waals surface area (Å²) in [5, 5.41) is 0.589. The summed E-state index contributed by atoms with van der Waals surface area (Å²) < 4.78 is 79.9. The Morgan fingerprint density at radius 2 is 1.61 bits per heavy atom. The number of hydrazine groups is 1. The highest BCUT2D eigenvalue weighted by atomic mass is 35.5. The summed E-state index contributed by atoms with van der Waals surface area (Å²) in [6.45, 7) is 2.15. The van der Waals surface area contributed by atoms with Gasteiger partial charge >= 0.3 is 12.4 Å². The van der Waals surface area contributed by atoms with E-state index in [-0.39, 0.29) is 48.4 Å². The Hall–Kier alpha value is -2.21. The van der Waals surface area contributed by atoms with Gasteiger partial charge in [-0.2, -0.15) is 26.3 Å². The van der Waals surface area contributed by atoms with Gasteiger partial charge in [0.05, 0.1) is 21.2 Å². The second-order valence-electron chi connectivity index (χ2n) is 8.52. The zero-order valence-corrected chi connectivity index (χ0v) is 22.3. The van der Waals surface area contributed by atoms with E-state index in [4.69, 9.17) is 23.2 Å². The molecule has 14 heteroatoms. The molecule has 2 aromatic carbocycles. The quantitative estimate of drug-likeness (QED) is 0.210. The highest BCUT2D eigenvalue weighted by Gasteiger charge is 2.37. The van der Waals surface area contributed by atoms with Crippen LogP contribution in [0.1, 0.15) is 42.0 Å². The van der Waals surface area contributed by atoms with Crippen molar-refractivity contribution in [2.45, 2.75) is 51.1 Å². The van der Waals surface area contributed by atoms with Crippen molar-refractivity contribution in [1.29, 1.82) is 0 Å². The van der Waals surface area contributed by atoms with Gasteiger partial charge in [-0.3, -0.25) is 9.79 Å². The second-order valence-corrected chi connectivity index (χ2v) is 9.33. The first-order chi connectivity index (χ1) is 17.3. The Bertz CT molecular complexity index is 1120. The Morgan fingerprint density at radius 1 is 0.974 bits per heavy atom. The molecule has 0 aromatic heterocycles.